The summed E-state index contributed by atoms with van der Waals surface area (Å²) < 4.78 is 0. The van der Waals surface area contributed by atoms with Crippen molar-refractivity contribution in [2.45, 2.75) is 13.8 Å². The van der Waals surface area contributed by atoms with Crippen LogP contribution in [0.3, 0.4) is 0 Å². The lowest BCUT2D eigenvalue weighted by molar-refractivity contribution is 0.457. The summed E-state index contributed by atoms with van der Waals surface area (Å²) in [6.07, 6.45) is 1.72. The number of fused-ring (bicyclic) bond motifs is 1. The molecule has 3 heteroatoms. The van der Waals surface area contributed by atoms with E-state index in [0.29, 0.717) is 0 Å². The van der Waals surface area contributed by atoms with Crippen molar-refractivity contribution in [2.75, 3.05) is 0 Å². The lowest BCUT2D eigenvalue weighted by atomic mass is 10.1. The van der Waals surface area contributed by atoms with Gasteiger partial charge in [0.15, 0.2) is 5.88 Å². The fourth-order valence-corrected chi connectivity index (χ4v) is 2.29. The number of nitrogens with one attached hydrogen (secondary N) is 1. The maximum atomic E-state index is 10.0. The average molecular weight is 264 g/mol. The minimum atomic E-state index is 0.155. The maximum Gasteiger partial charge on any atom is 0.198 e. The Balaban J connectivity index is 2.09. The van der Waals surface area contributed by atoms with Crippen LogP contribution in [0.15, 0.2) is 47.5 Å². The molecule has 0 saturated carbocycles. The number of nitrogens with zero attached hydrogens (tertiary/aromatic N) is 1. The number of aromatic hydroxyl groups is 1. The summed E-state index contributed by atoms with van der Waals surface area (Å²) in [4.78, 5) is 7.45. The largest absolute Gasteiger partial charge is 0.494 e. The van der Waals surface area contributed by atoms with E-state index in [1.807, 2.05) is 56.3 Å². The molecule has 0 saturated heterocycles. The van der Waals surface area contributed by atoms with E-state index in [4.69, 9.17) is 0 Å². The Morgan fingerprint density at radius 3 is 2.70 bits per heavy atom. The van der Waals surface area contributed by atoms with E-state index in [2.05, 4.69) is 9.98 Å². The number of hydrogen-bond donors (Lipinski definition) is 2. The maximum absolute atomic E-state index is 10.0. The number of aromatic nitrogens is 1. The summed E-state index contributed by atoms with van der Waals surface area (Å²) in [5.41, 5.74) is 4.82. The Hall–Kier alpha value is -2.55. The van der Waals surface area contributed by atoms with Crippen LogP contribution < -0.4 is 0 Å². The quantitative estimate of drug-likeness (QED) is 0.668. The summed E-state index contributed by atoms with van der Waals surface area (Å²) in [6.45, 7) is 4.05. The number of rotatable bonds is 2. The molecule has 3 aromatic rings. The van der Waals surface area contributed by atoms with Crippen LogP contribution in [0.25, 0.3) is 10.9 Å². The van der Waals surface area contributed by atoms with Crippen LogP contribution in [0.1, 0.15) is 16.7 Å². The molecule has 0 bridgehead atoms. The van der Waals surface area contributed by atoms with Crippen molar-refractivity contribution in [3.63, 3.8) is 0 Å². The van der Waals surface area contributed by atoms with Crippen LogP contribution in [0.2, 0.25) is 0 Å². The molecular formula is C17H16N2O. The van der Waals surface area contributed by atoms with Crippen molar-refractivity contribution in [1.29, 1.82) is 0 Å². The lowest BCUT2D eigenvalue weighted by Crippen LogP contribution is -1.81. The van der Waals surface area contributed by atoms with E-state index < -0.39 is 0 Å². The van der Waals surface area contributed by atoms with Crippen molar-refractivity contribution in [3.05, 3.63) is 59.2 Å². The zero-order valence-electron chi connectivity index (χ0n) is 11.5. The summed E-state index contributed by atoms with van der Waals surface area (Å²) in [7, 11) is 0. The normalized spacial score (nSPS) is 11.5. The monoisotopic (exact) mass is 264 g/mol. The molecule has 100 valence electrons. The Bertz CT molecular complexity index is 800. The van der Waals surface area contributed by atoms with Gasteiger partial charge in [0.1, 0.15) is 0 Å². The molecule has 3 nitrogen and oxygen atoms in total. The Morgan fingerprint density at radius 2 is 1.90 bits per heavy atom. The predicted octanol–water partition coefficient (Wildman–Crippen LogP) is 4.24. The summed E-state index contributed by atoms with van der Waals surface area (Å²) in [5.74, 6) is 0.155. The first kappa shape index (κ1) is 12.5. The van der Waals surface area contributed by atoms with Gasteiger partial charge >= 0.3 is 0 Å². The van der Waals surface area contributed by atoms with Crippen molar-refractivity contribution < 1.29 is 5.11 Å². The van der Waals surface area contributed by atoms with Gasteiger partial charge in [-0.15, -0.1) is 0 Å². The third kappa shape index (κ3) is 2.18. The van der Waals surface area contributed by atoms with Gasteiger partial charge in [0.25, 0.3) is 0 Å². The SMILES string of the molecule is Cc1ccc2[nH]c(O)c(C=Nc3ccccc3C)c2c1. The predicted molar refractivity (Wildman–Crippen MR) is 83.1 cm³/mol. The molecular weight excluding hydrogens is 248 g/mol. The Morgan fingerprint density at radius 1 is 1.10 bits per heavy atom. The lowest BCUT2D eigenvalue weighted by Gasteiger charge is -1.98. The molecule has 0 fully saturated rings. The first-order valence-corrected chi connectivity index (χ1v) is 6.56. The van der Waals surface area contributed by atoms with Crippen LogP contribution in [0, 0.1) is 13.8 Å². The number of hydrogen-bond acceptors (Lipinski definition) is 2. The minimum absolute atomic E-state index is 0.155. The average Bonchev–Trinajstić information content (AvgIpc) is 2.73. The summed E-state index contributed by atoms with van der Waals surface area (Å²) in [6, 6.07) is 14.0. The molecule has 0 spiro atoms. The molecule has 2 aromatic carbocycles. The third-order valence-electron chi connectivity index (χ3n) is 3.42. The van der Waals surface area contributed by atoms with Gasteiger partial charge in [-0.3, -0.25) is 4.99 Å². The molecule has 20 heavy (non-hydrogen) atoms. The second kappa shape index (κ2) is 4.85. The standard InChI is InChI=1S/C17H16N2O/c1-11-7-8-16-13(9-11)14(17(20)19-16)10-18-15-6-4-3-5-12(15)2/h3-10,19-20H,1-2H3. The third-order valence-corrected chi connectivity index (χ3v) is 3.42. The fraction of sp³-hybridized carbons (Fsp3) is 0.118. The van der Waals surface area contributed by atoms with Gasteiger partial charge in [0, 0.05) is 17.1 Å². The summed E-state index contributed by atoms with van der Waals surface area (Å²) >= 11 is 0. The van der Waals surface area contributed by atoms with Gasteiger partial charge < -0.3 is 10.1 Å². The second-order valence-electron chi connectivity index (χ2n) is 4.98. The molecule has 1 aromatic heterocycles. The second-order valence-corrected chi connectivity index (χ2v) is 4.98. The van der Waals surface area contributed by atoms with E-state index in [1.54, 1.807) is 6.21 Å². The van der Waals surface area contributed by atoms with E-state index in [0.717, 1.165) is 33.3 Å². The highest BCUT2D eigenvalue weighted by atomic mass is 16.3. The molecule has 1 heterocycles. The first-order valence-electron chi connectivity index (χ1n) is 6.56. The number of aryl methyl sites for hydroxylation is 2. The molecule has 0 radical (unpaired) electrons. The van der Waals surface area contributed by atoms with Gasteiger partial charge in [0.2, 0.25) is 0 Å². The molecule has 0 aliphatic heterocycles. The fourth-order valence-electron chi connectivity index (χ4n) is 2.29. The van der Waals surface area contributed by atoms with Gasteiger partial charge in [-0.2, -0.15) is 0 Å². The first-order chi connectivity index (χ1) is 9.65. The van der Waals surface area contributed by atoms with Crippen LogP contribution in [-0.2, 0) is 0 Å². The summed E-state index contributed by atoms with van der Waals surface area (Å²) in [5, 5.41) is 11.0. The number of aromatic amines is 1. The van der Waals surface area contributed by atoms with E-state index in [1.165, 1.54) is 0 Å². The van der Waals surface area contributed by atoms with Crippen LogP contribution >= 0.6 is 0 Å². The van der Waals surface area contributed by atoms with Crippen LogP contribution in [0.4, 0.5) is 5.69 Å². The van der Waals surface area contributed by atoms with Crippen molar-refractivity contribution >= 4 is 22.8 Å². The number of para-hydroxylation sites is 1. The molecule has 0 atom stereocenters. The van der Waals surface area contributed by atoms with Gasteiger partial charge in [0.05, 0.1) is 11.3 Å². The van der Waals surface area contributed by atoms with E-state index in [-0.39, 0.29) is 5.88 Å². The minimum Gasteiger partial charge on any atom is -0.494 e. The molecule has 0 unspecified atom stereocenters. The van der Waals surface area contributed by atoms with E-state index >= 15 is 0 Å². The molecule has 0 aliphatic rings. The Kier molecular flexibility index (Phi) is 3.03. The van der Waals surface area contributed by atoms with Gasteiger partial charge in [-0.25, -0.2) is 0 Å². The molecule has 3 rings (SSSR count). The van der Waals surface area contributed by atoms with Crippen molar-refractivity contribution in [2.24, 2.45) is 4.99 Å². The zero-order chi connectivity index (χ0) is 14.1. The zero-order valence-corrected chi connectivity index (χ0v) is 11.5. The smallest absolute Gasteiger partial charge is 0.198 e. The topological polar surface area (TPSA) is 48.4 Å². The highest BCUT2D eigenvalue weighted by molar-refractivity contribution is 6.02. The number of H-pyrrole nitrogens is 1. The number of aliphatic imine (C=N–C) groups is 1. The van der Waals surface area contributed by atoms with Gasteiger partial charge in [-0.1, -0.05) is 29.8 Å². The van der Waals surface area contributed by atoms with Crippen molar-refractivity contribution in [1.82, 2.24) is 4.98 Å². The van der Waals surface area contributed by atoms with Gasteiger partial charge in [-0.05, 0) is 37.6 Å². The Labute approximate surface area is 117 Å². The molecule has 2 N–H and O–H groups in total. The van der Waals surface area contributed by atoms with E-state index in [9.17, 15) is 5.11 Å². The molecule has 0 amide bonds. The van der Waals surface area contributed by atoms with Crippen molar-refractivity contribution in [3.8, 4) is 5.88 Å². The highest BCUT2D eigenvalue weighted by Crippen LogP contribution is 2.27. The highest BCUT2D eigenvalue weighted by Gasteiger charge is 2.08. The van der Waals surface area contributed by atoms with Crippen LogP contribution in [0.5, 0.6) is 5.88 Å². The van der Waals surface area contributed by atoms with Crippen LogP contribution in [-0.4, -0.2) is 16.3 Å². The number of benzene rings is 2. The molecule has 0 aliphatic carbocycles.